The van der Waals surface area contributed by atoms with E-state index in [0.717, 1.165) is 11.0 Å². The molecule has 0 aliphatic heterocycles. The first-order valence-corrected chi connectivity index (χ1v) is 6.60. The summed E-state index contributed by atoms with van der Waals surface area (Å²) in [6.45, 7) is 0. The molecule has 0 spiro atoms. The number of aromatic nitrogens is 3. The molecular weight excluding hydrogens is 224 g/mol. The molecule has 2 aliphatic carbocycles. The molecule has 1 amide bonds. The highest BCUT2D eigenvalue weighted by atomic mass is 32.2. The number of amides is 1. The lowest BCUT2D eigenvalue weighted by atomic mass is 10.4. The normalized spacial score (nSPS) is 20.0. The van der Waals surface area contributed by atoms with Crippen LogP contribution in [-0.2, 0) is 4.79 Å². The summed E-state index contributed by atoms with van der Waals surface area (Å²) >= 11 is 1.40. The summed E-state index contributed by atoms with van der Waals surface area (Å²) in [5.74, 6) is 1.71. The molecule has 0 atom stereocenters. The maximum Gasteiger partial charge on any atom is 0.227 e. The van der Waals surface area contributed by atoms with Crippen molar-refractivity contribution < 1.29 is 4.79 Å². The van der Waals surface area contributed by atoms with Crippen molar-refractivity contribution in [3.8, 4) is 0 Å². The zero-order valence-corrected chi connectivity index (χ0v) is 9.74. The Labute approximate surface area is 97.8 Å². The molecule has 0 unspecified atom stereocenters. The van der Waals surface area contributed by atoms with E-state index >= 15 is 0 Å². The van der Waals surface area contributed by atoms with Gasteiger partial charge in [0.25, 0.3) is 0 Å². The molecule has 0 aromatic carbocycles. The van der Waals surface area contributed by atoms with Gasteiger partial charge in [0.2, 0.25) is 5.91 Å². The van der Waals surface area contributed by atoms with Crippen LogP contribution < -0.4 is 5.73 Å². The molecule has 2 fully saturated rings. The quantitative estimate of drug-likeness (QED) is 0.779. The van der Waals surface area contributed by atoms with Gasteiger partial charge in [-0.2, -0.15) is 0 Å². The number of thioether (sulfide) groups is 1. The van der Waals surface area contributed by atoms with Crippen molar-refractivity contribution in [1.29, 1.82) is 0 Å². The monoisotopic (exact) mass is 238 g/mol. The lowest BCUT2D eigenvalue weighted by molar-refractivity contribution is -0.115. The fourth-order valence-corrected chi connectivity index (χ4v) is 2.57. The number of hydrogen-bond acceptors (Lipinski definition) is 4. The van der Waals surface area contributed by atoms with Gasteiger partial charge in [0, 0.05) is 12.0 Å². The van der Waals surface area contributed by atoms with E-state index in [1.165, 1.54) is 37.4 Å². The van der Waals surface area contributed by atoms with Crippen molar-refractivity contribution in [2.75, 3.05) is 5.75 Å². The van der Waals surface area contributed by atoms with Gasteiger partial charge in [-0.15, -0.1) is 10.2 Å². The molecule has 1 heterocycles. The predicted molar refractivity (Wildman–Crippen MR) is 60.2 cm³/mol. The summed E-state index contributed by atoms with van der Waals surface area (Å²) in [6.07, 6.45) is 4.88. The van der Waals surface area contributed by atoms with Crippen molar-refractivity contribution in [2.24, 2.45) is 5.73 Å². The van der Waals surface area contributed by atoms with Crippen LogP contribution in [0.2, 0.25) is 0 Å². The van der Waals surface area contributed by atoms with Gasteiger partial charge in [-0.1, -0.05) is 11.8 Å². The van der Waals surface area contributed by atoms with Gasteiger partial charge < -0.3 is 10.3 Å². The van der Waals surface area contributed by atoms with Crippen LogP contribution in [0.5, 0.6) is 0 Å². The van der Waals surface area contributed by atoms with E-state index in [4.69, 9.17) is 5.73 Å². The zero-order valence-electron chi connectivity index (χ0n) is 8.93. The SMILES string of the molecule is NC(=O)CSc1nnc(C2CC2)n1C1CC1. The van der Waals surface area contributed by atoms with E-state index in [0.29, 0.717) is 12.0 Å². The molecule has 2 saturated carbocycles. The Bertz CT molecular complexity index is 422. The van der Waals surface area contributed by atoms with E-state index < -0.39 is 0 Å². The molecule has 6 heteroatoms. The third-order valence-corrected chi connectivity index (χ3v) is 3.85. The number of rotatable bonds is 5. The Balaban J connectivity index is 1.82. The lowest BCUT2D eigenvalue weighted by Gasteiger charge is -2.06. The Morgan fingerprint density at radius 2 is 2.12 bits per heavy atom. The van der Waals surface area contributed by atoms with Crippen LogP contribution in [0.25, 0.3) is 0 Å². The van der Waals surface area contributed by atoms with Gasteiger partial charge in [0.15, 0.2) is 5.16 Å². The molecular formula is C10H14N4OS. The Hall–Kier alpha value is -1.04. The highest BCUT2D eigenvalue weighted by Crippen LogP contribution is 2.45. The number of carbonyl (C=O) groups is 1. The van der Waals surface area contributed by atoms with E-state index in [9.17, 15) is 4.79 Å². The third kappa shape index (κ3) is 1.93. The molecule has 0 saturated heterocycles. The van der Waals surface area contributed by atoms with Gasteiger partial charge in [0.05, 0.1) is 5.75 Å². The second-order valence-corrected chi connectivity index (χ2v) is 5.41. The summed E-state index contributed by atoms with van der Waals surface area (Å²) in [6, 6.07) is 0.570. The molecule has 2 N–H and O–H groups in total. The topological polar surface area (TPSA) is 73.8 Å². The second kappa shape index (κ2) is 3.76. The summed E-state index contributed by atoms with van der Waals surface area (Å²) in [7, 11) is 0. The first kappa shape index (κ1) is 10.1. The first-order chi connectivity index (χ1) is 7.75. The first-order valence-electron chi connectivity index (χ1n) is 5.61. The minimum atomic E-state index is -0.302. The highest BCUT2D eigenvalue weighted by Gasteiger charge is 2.36. The molecule has 0 bridgehead atoms. The van der Waals surface area contributed by atoms with E-state index in [-0.39, 0.29) is 11.7 Å². The molecule has 2 aliphatic rings. The van der Waals surface area contributed by atoms with Crippen molar-refractivity contribution in [3.05, 3.63) is 5.82 Å². The van der Waals surface area contributed by atoms with Crippen molar-refractivity contribution in [2.45, 2.75) is 42.8 Å². The fourth-order valence-electron chi connectivity index (χ4n) is 1.82. The predicted octanol–water partition coefficient (Wildman–Crippen LogP) is 1.07. The molecule has 16 heavy (non-hydrogen) atoms. The lowest BCUT2D eigenvalue weighted by Crippen LogP contribution is -2.14. The van der Waals surface area contributed by atoms with Gasteiger partial charge in [-0.25, -0.2) is 0 Å². The number of primary amides is 1. The Morgan fingerprint density at radius 3 is 2.69 bits per heavy atom. The highest BCUT2D eigenvalue weighted by molar-refractivity contribution is 7.99. The number of carbonyl (C=O) groups excluding carboxylic acids is 1. The van der Waals surface area contributed by atoms with Crippen molar-refractivity contribution in [1.82, 2.24) is 14.8 Å². The van der Waals surface area contributed by atoms with Crippen molar-refractivity contribution >= 4 is 17.7 Å². The average molecular weight is 238 g/mol. The molecule has 86 valence electrons. The van der Waals surface area contributed by atoms with Crippen LogP contribution in [0.1, 0.15) is 43.5 Å². The third-order valence-electron chi connectivity index (χ3n) is 2.89. The number of nitrogens with two attached hydrogens (primary N) is 1. The average Bonchev–Trinajstić information content (AvgIpc) is 3.13. The largest absolute Gasteiger partial charge is 0.369 e. The summed E-state index contributed by atoms with van der Waals surface area (Å²) in [4.78, 5) is 10.8. The standard InChI is InChI=1S/C10H14N4OS/c11-8(15)5-16-10-13-12-9(6-1-2-6)14(10)7-3-4-7/h6-7H,1-5H2,(H2,11,15). The van der Waals surface area contributed by atoms with Gasteiger partial charge in [0.1, 0.15) is 5.82 Å². The minimum Gasteiger partial charge on any atom is -0.369 e. The molecule has 5 nitrogen and oxygen atoms in total. The van der Waals surface area contributed by atoms with Gasteiger partial charge in [-0.05, 0) is 25.7 Å². The van der Waals surface area contributed by atoms with Crippen LogP contribution in [-0.4, -0.2) is 26.4 Å². The molecule has 1 aromatic rings. The van der Waals surface area contributed by atoms with Crippen LogP contribution >= 0.6 is 11.8 Å². The Kier molecular flexibility index (Phi) is 2.38. The van der Waals surface area contributed by atoms with E-state index in [1.54, 1.807) is 0 Å². The van der Waals surface area contributed by atoms with Crippen LogP contribution in [0, 0.1) is 0 Å². The number of hydrogen-bond donors (Lipinski definition) is 1. The Morgan fingerprint density at radius 1 is 1.38 bits per heavy atom. The van der Waals surface area contributed by atoms with E-state index in [2.05, 4.69) is 14.8 Å². The maximum atomic E-state index is 10.8. The molecule has 1 aromatic heterocycles. The van der Waals surface area contributed by atoms with Crippen LogP contribution in [0.3, 0.4) is 0 Å². The van der Waals surface area contributed by atoms with Gasteiger partial charge >= 0.3 is 0 Å². The number of nitrogens with zero attached hydrogens (tertiary/aromatic N) is 3. The van der Waals surface area contributed by atoms with E-state index in [1.807, 2.05) is 0 Å². The summed E-state index contributed by atoms with van der Waals surface area (Å²) < 4.78 is 2.23. The molecule has 3 rings (SSSR count). The van der Waals surface area contributed by atoms with Gasteiger partial charge in [-0.3, -0.25) is 4.79 Å². The summed E-state index contributed by atoms with van der Waals surface area (Å²) in [5.41, 5.74) is 5.14. The summed E-state index contributed by atoms with van der Waals surface area (Å²) in [5, 5.41) is 9.30. The van der Waals surface area contributed by atoms with Crippen LogP contribution in [0.4, 0.5) is 0 Å². The molecule has 0 radical (unpaired) electrons. The fraction of sp³-hybridized carbons (Fsp3) is 0.700. The zero-order chi connectivity index (χ0) is 11.1. The van der Waals surface area contributed by atoms with Crippen molar-refractivity contribution in [3.63, 3.8) is 0 Å². The maximum absolute atomic E-state index is 10.8. The van der Waals surface area contributed by atoms with Crippen LogP contribution in [0.15, 0.2) is 5.16 Å². The smallest absolute Gasteiger partial charge is 0.227 e. The minimum absolute atomic E-state index is 0.287. The second-order valence-electron chi connectivity index (χ2n) is 4.47.